The summed E-state index contributed by atoms with van der Waals surface area (Å²) in [6.07, 6.45) is 2.78. The Morgan fingerprint density at radius 1 is 0.860 bits per heavy atom. The second-order valence-corrected chi connectivity index (χ2v) is 16.1. The molecule has 0 saturated heterocycles. The van der Waals surface area contributed by atoms with Crippen LogP contribution in [0.15, 0.2) is 77.9 Å². The number of rotatable bonds is 4. The van der Waals surface area contributed by atoms with Gasteiger partial charge in [0.25, 0.3) is 0 Å². The monoisotopic (exact) mass is 838 g/mol. The summed E-state index contributed by atoms with van der Waals surface area (Å²) >= 11 is 0. The summed E-state index contributed by atoms with van der Waals surface area (Å²) in [4.78, 5) is 10.2. The second kappa shape index (κ2) is 11.8. The Kier molecular flexibility index (Phi) is 8.11. The third-order valence-corrected chi connectivity index (χ3v) is 11.3. The van der Waals surface area contributed by atoms with E-state index >= 15 is 0 Å². The number of benzene rings is 4. The zero-order chi connectivity index (χ0) is 34.6. The molecule has 0 radical (unpaired) electrons. The molecule has 2 aromatic heterocycles. The van der Waals surface area contributed by atoms with Crippen LogP contribution >= 0.6 is 0 Å². The minimum atomic E-state index is -0.542. The van der Waals surface area contributed by atoms with Crippen molar-refractivity contribution >= 4 is 27.7 Å². The van der Waals surface area contributed by atoms with Gasteiger partial charge in [0.05, 0.1) is 5.54 Å². The molecule has 1 aliphatic heterocycles. The first kappa shape index (κ1) is 34.4. The molecule has 0 fully saturated rings. The van der Waals surface area contributed by atoms with Gasteiger partial charge in [0.1, 0.15) is 11.5 Å². The molecule has 5 heteroatoms. The van der Waals surface area contributed by atoms with E-state index in [2.05, 4.69) is 153 Å². The number of aliphatic imine (C=N–C) groups is 1. The maximum Gasteiger partial charge on any atom is 2.00 e. The zero-order valence-corrected chi connectivity index (χ0v) is 33.1. The number of aryl methyl sites for hydroxylation is 2. The van der Waals surface area contributed by atoms with Crippen LogP contribution in [0.4, 0.5) is 0 Å². The van der Waals surface area contributed by atoms with E-state index in [0.29, 0.717) is 11.8 Å². The molecule has 4 aromatic carbocycles. The third-order valence-electron chi connectivity index (χ3n) is 11.3. The van der Waals surface area contributed by atoms with Gasteiger partial charge in [-0.05, 0) is 103 Å². The first-order valence-corrected chi connectivity index (χ1v) is 17.6. The van der Waals surface area contributed by atoms with Gasteiger partial charge in [0.15, 0.2) is 0 Å². The van der Waals surface area contributed by atoms with E-state index in [0.717, 1.165) is 45.3 Å². The normalized spacial score (nSPS) is 19.8. The number of nitrogens with zero attached hydrogens (tertiary/aromatic N) is 3. The third kappa shape index (κ3) is 5.20. The fourth-order valence-electron chi connectivity index (χ4n) is 7.86. The molecule has 8 rings (SSSR count). The van der Waals surface area contributed by atoms with Gasteiger partial charge in [-0.1, -0.05) is 81.5 Å². The van der Waals surface area contributed by atoms with Crippen molar-refractivity contribution in [2.24, 2.45) is 4.99 Å². The molecule has 50 heavy (non-hydrogen) atoms. The van der Waals surface area contributed by atoms with Crippen molar-refractivity contribution < 1.29 is 25.8 Å². The predicted octanol–water partition coefficient (Wildman–Crippen LogP) is 10.8. The maximum absolute atomic E-state index is 6.99. The molecular weight excluding hydrogens is 794 g/mol. The van der Waals surface area contributed by atoms with E-state index in [1.54, 1.807) is 0 Å². The summed E-state index contributed by atoms with van der Waals surface area (Å²) in [5.74, 6) is 0.965. The van der Waals surface area contributed by atoms with Crippen LogP contribution in [0, 0.1) is 32.9 Å². The Hall–Kier alpha value is -4.01. The molecule has 2 aliphatic rings. The molecule has 0 saturated carbocycles. The summed E-state index contributed by atoms with van der Waals surface area (Å²) in [6.45, 7) is 22.2. The molecule has 6 aromatic rings. The van der Waals surface area contributed by atoms with Gasteiger partial charge in [-0.2, -0.15) is 0 Å². The number of pyridine rings is 1. The van der Waals surface area contributed by atoms with E-state index < -0.39 is 11.1 Å². The smallest absolute Gasteiger partial charge is 0.508 e. The Labute approximate surface area is 311 Å². The average molecular weight is 839 g/mol. The fourth-order valence-corrected chi connectivity index (χ4v) is 7.86. The van der Waals surface area contributed by atoms with Crippen LogP contribution in [-0.4, -0.2) is 21.0 Å². The van der Waals surface area contributed by atoms with E-state index in [4.69, 9.17) is 14.7 Å². The number of fused-ring (bicyclic) bond motifs is 6. The van der Waals surface area contributed by atoms with Gasteiger partial charge < -0.3 is 14.3 Å². The first-order chi connectivity index (χ1) is 23.2. The number of hydrogen-bond acceptors (Lipinski definition) is 3. The molecule has 0 N–H and O–H groups in total. The quantitative estimate of drug-likeness (QED) is 0.166. The number of hydrogen-bond donors (Lipinski definition) is 0. The van der Waals surface area contributed by atoms with Crippen LogP contribution < -0.4 is 0 Å². The van der Waals surface area contributed by atoms with Gasteiger partial charge >= 0.3 is 21.1 Å². The molecular formula is C45H45N3OPt. The van der Waals surface area contributed by atoms with Crippen LogP contribution in [0.3, 0.4) is 0 Å². The predicted molar refractivity (Wildman–Crippen MR) is 202 cm³/mol. The zero-order valence-electron chi connectivity index (χ0n) is 30.8. The minimum Gasteiger partial charge on any atom is -0.508 e. The van der Waals surface area contributed by atoms with Gasteiger partial charge in [-0.15, -0.1) is 47.5 Å². The standard InChI is InChI=1S/C45H45N3O.Pt/c1-26(2)31-20-32(42-47-44(9)25-37-29(5)28(4)12-15-38(37)45(44,10)49-42)22-34(21-31)48-40-16-11-27(3)19-36(40)35-14-13-30(23-41(35)48)39-24-33(17-18-46-39)43(6,7)8;/h11-21,24,26H,25H2,1-10H3;/q-2;+2/t44-,45+;/m1./s1. The Morgan fingerprint density at radius 2 is 1.64 bits per heavy atom. The van der Waals surface area contributed by atoms with Crippen molar-refractivity contribution in [3.8, 4) is 16.9 Å². The van der Waals surface area contributed by atoms with Crippen molar-refractivity contribution in [3.05, 3.63) is 130 Å². The van der Waals surface area contributed by atoms with Crippen LogP contribution in [-0.2, 0) is 43.2 Å². The molecule has 1 aliphatic carbocycles. The molecule has 0 spiro atoms. The maximum atomic E-state index is 6.99. The van der Waals surface area contributed by atoms with Crippen molar-refractivity contribution in [3.63, 3.8) is 0 Å². The van der Waals surface area contributed by atoms with E-state index in [1.807, 2.05) is 6.20 Å². The van der Waals surface area contributed by atoms with Crippen LogP contribution in [0.25, 0.3) is 38.8 Å². The molecule has 0 bridgehead atoms. The van der Waals surface area contributed by atoms with Gasteiger partial charge in [0.2, 0.25) is 0 Å². The van der Waals surface area contributed by atoms with Crippen LogP contribution in [0.5, 0.6) is 0 Å². The molecule has 2 atom stereocenters. The summed E-state index contributed by atoms with van der Waals surface area (Å²) < 4.78 is 9.31. The fraction of sp³-hybridized carbons (Fsp3) is 0.333. The topological polar surface area (TPSA) is 39.4 Å². The van der Waals surface area contributed by atoms with E-state index in [9.17, 15) is 0 Å². The number of ether oxygens (including phenoxy) is 1. The Morgan fingerprint density at radius 3 is 2.38 bits per heavy atom. The van der Waals surface area contributed by atoms with Gasteiger partial charge in [0, 0.05) is 23.7 Å². The van der Waals surface area contributed by atoms with Gasteiger partial charge in [-0.25, -0.2) is 0 Å². The molecule has 0 amide bonds. The van der Waals surface area contributed by atoms with Crippen molar-refractivity contribution in [1.29, 1.82) is 0 Å². The molecule has 4 nitrogen and oxygen atoms in total. The molecule has 256 valence electrons. The first-order valence-electron chi connectivity index (χ1n) is 17.6. The van der Waals surface area contributed by atoms with Crippen LogP contribution in [0.2, 0.25) is 0 Å². The summed E-state index contributed by atoms with van der Waals surface area (Å²) in [7, 11) is 0. The summed E-state index contributed by atoms with van der Waals surface area (Å²) in [5.41, 5.74) is 14.0. The van der Waals surface area contributed by atoms with E-state index in [-0.39, 0.29) is 26.5 Å². The SMILES string of the molecule is Cc1ccc2c(c1)c1ccc(-c3cc(C(C)(C)C)ccn3)[c-]c1n2-c1[c-]c(C2=N[C@]3(C)Cc4c(ccc(C)c4C)[C@]3(C)O2)cc(C(C)C)c1.[Pt+2]. The van der Waals surface area contributed by atoms with Crippen molar-refractivity contribution in [2.75, 3.05) is 0 Å². The number of aromatic nitrogens is 2. The van der Waals surface area contributed by atoms with Crippen molar-refractivity contribution in [2.45, 2.75) is 98.1 Å². The second-order valence-electron chi connectivity index (χ2n) is 16.1. The molecule has 0 unspecified atom stereocenters. The summed E-state index contributed by atoms with van der Waals surface area (Å²) in [5, 5.41) is 2.36. The molecule has 3 heterocycles. The minimum absolute atomic E-state index is 0. The summed E-state index contributed by atoms with van der Waals surface area (Å²) in [6, 6.07) is 32.0. The average Bonchev–Trinajstić information content (AvgIpc) is 3.60. The van der Waals surface area contributed by atoms with Gasteiger partial charge in [-0.3, -0.25) is 4.99 Å². The Bertz CT molecular complexity index is 2370. The van der Waals surface area contributed by atoms with Crippen molar-refractivity contribution in [1.82, 2.24) is 9.55 Å². The largest absolute Gasteiger partial charge is 2.00 e. The van der Waals surface area contributed by atoms with Crippen LogP contribution in [0.1, 0.15) is 98.9 Å². The Balaban J connectivity index is 0.00000392. The van der Waals surface area contributed by atoms with E-state index in [1.165, 1.54) is 44.3 Å².